The average Bonchev–Trinajstić information content (AvgIpc) is 2.69. The third-order valence-corrected chi connectivity index (χ3v) is 4.38. The quantitative estimate of drug-likeness (QED) is 0.397. The van der Waals surface area contributed by atoms with Gasteiger partial charge in [-0.05, 0) is 67.3 Å². The molecule has 0 aliphatic rings. The third kappa shape index (κ3) is 5.62. The number of rotatable bonds is 8. The zero-order valence-corrected chi connectivity index (χ0v) is 16.8. The van der Waals surface area contributed by atoms with Crippen LogP contribution in [0, 0.1) is 25.2 Å². The predicted octanol–water partition coefficient (Wildman–Crippen LogP) is 5.04. The summed E-state index contributed by atoms with van der Waals surface area (Å²) in [6, 6.07) is 12.9. The Morgan fingerprint density at radius 3 is 2.57 bits per heavy atom. The molecular weight excluding hydrogens is 352 g/mol. The molecule has 0 radical (unpaired) electrons. The van der Waals surface area contributed by atoms with E-state index >= 15 is 0 Å². The predicted molar refractivity (Wildman–Crippen MR) is 112 cm³/mol. The molecule has 146 valence electrons. The maximum atomic E-state index is 12.5. The highest BCUT2D eigenvalue weighted by atomic mass is 16.5. The van der Waals surface area contributed by atoms with E-state index in [4.69, 9.17) is 9.47 Å². The van der Waals surface area contributed by atoms with Crippen molar-refractivity contribution < 1.29 is 14.3 Å². The Balaban J connectivity index is 2.19. The maximum Gasteiger partial charge on any atom is 0.266 e. The van der Waals surface area contributed by atoms with Crippen LogP contribution in [0.1, 0.15) is 36.5 Å². The second kappa shape index (κ2) is 10.2. The van der Waals surface area contributed by atoms with Crippen LogP contribution < -0.4 is 14.8 Å². The van der Waals surface area contributed by atoms with Gasteiger partial charge in [-0.2, -0.15) is 5.26 Å². The highest BCUT2D eigenvalue weighted by Gasteiger charge is 2.11. The van der Waals surface area contributed by atoms with Crippen molar-refractivity contribution in [2.24, 2.45) is 0 Å². The van der Waals surface area contributed by atoms with Crippen molar-refractivity contribution >= 4 is 17.7 Å². The molecular formula is C23H26N2O3. The zero-order chi connectivity index (χ0) is 20.5. The van der Waals surface area contributed by atoms with Crippen LogP contribution in [-0.4, -0.2) is 19.6 Å². The minimum Gasteiger partial charge on any atom is -0.493 e. The number of unbranched alkanes of at least 4 members (excludes halogenated alkanes) is 1. The molecule has 0 aliphatic heterocycles. The van der Waals surface area contributed by atoms with Gasteiger partial charge in [0.15, 0.2) is 11.5 Å². The number of nitriles is 1. The van der Waals surface area contributed by atoms with Crippen LogP contribution in [0.3, 0.4) is 0 Å². The first-order valence-corrected chi connectivity index (χ1v) is 9.29. The fourth-order valence-electron chi connectivity index (χ4n) is 2.55. The minimum atomic E-state index is -0.451. The summed E-state index contributed by atoms with van der Waals surface area (Å²) in [4.78, 5) is 12.5. The van der Waals surface area contributed by atoms with Gasteiger partial charge in [0.25, 0.3) is 5.91 Å². The van der Waals surface area contributed by atoms with Crippen molar-refractivity contribution in [2.45, 2.75) is 33.6 Å². The molecule has 0 spiro atoms. The topological polar surface area (TPSA) is 71.3 Å². The van der Waals surface area contributed by atoms with E-state index in [0.29, 0.717) is 29.4 Å². The third-order valence-electron chi connectivity index (χ3n) is 4.38. The second-order valence-electron chi connectivity index (χ2n) is 6.54. The summed E-state index contributed by atoms with van der Waals surface area (Å²) in [6.45, 7) is 6.69. The van der Waals surface area contributed by atoms with Crippen LogP contribution in [0.15, 0.2) is 42.0 Å². The van der Waals surface area contributed by atoms with Crippen LogP contribution in [0.2, 0.25) is 0 Å². The van der Waals surface area contributed by atoms with E-state index < -0.39 is 5.91 Å². The largest absolute Gasteiger partial charge is 0.493 e. The van der Waals surface area contributed by atoms with Gasteiger partial charge in [-0.25, -0.2) is 0 Å². The van der Waals surface area contributed by atoms with Crippen molar-refractivity contribution in [1.82, 2.24) is 0 Å². The van der Waals surface area contributed by atoms with E-state index in [0.717, 1.165) is 24.0 Å². The van der Waals surface area contributed by atoms with Crippen LogP contribution in [0.25, 0.3) is 6.08 Å². The summed E-state index contributed by atoms with van der Waals surface area (Å²) in [7, 11) is 1.56. The van der Waals surface area contributed by atoms with Gasteiger partial charge in [-0.3, -0.25) is 4.79 Å². The standard InChI is InChI=1S/C23H26N2O3/c1-5-6-11-28-21-10-8-18(14-22(21)27-4)13-19(15-24)23(26)25-20-9-7-16(2)17(3)12-20/h7-10,12-14H,5-6,11H2,1-4H3,(H,25,26)/b19-13+. The summed E-state index contributed by atoms with van der Waals surface area (Å²) in [5.41, 5.74) is 3.57. The van der Waals surface area contributed by atoms with Crippen molar-refractivity contribution in [3.63, 3.8) is 0 Å². The lowest BCUT2D eigenvalue weighted by Crippen LogP contribution is -2.13. The number of nitrogens with zero attached hydrogens (tertiary/aromatic N) is 1. The van der Waals surface area contributed by atoms with E-state index in [1.807, 2.05) is 38.1 Å². The van der Waals surface area contributed by atoms with Gasteiger partial charge in [0.1, 0.15) is 11.6 Å². The van der Waals surface area contributed by atoms with E-state index in [1.165, 1.54) is 6.08 Å². The number of ether oxygens (including phenoxy) is 2. The highest BCUT2D eigenvalue weighted by Crippen LogP contribution is 2.29. The molecule has 1 N–H and O–H groups in total. The number of aryl methyl sites for hydroxylation is 2. The summed E-state index contributed by atoms with van der Waals surface area (Å²) in [6.07, 6.45) is 3.54. The normalized spacial score (nSPS) is 10.9. The Kier molecular flexibility index (Phi) is 7.65. The van der Waals surface area contributed by atoms with Gasteiger partial charge in [-0.1, -0.05) is 25.5 Å². The van der Waals surface area contributed by atoms with Crippen LogP contribution in [0.4, 0.5) is 5.69 Å². The monoisotopic (exact) mass is 378 g/mol. The zero-order valence-electron chi connectivity index (χ0n) is 16.8. The Hall–Kier alpha value is -3.26. The lowest BCUT2D eigenvalue weighted by molar-refractivity contribution is -0.112. The summed E-state index contributed by atoms with van der Waals surface area (Å²) < 4.78 is 11.1. The second-order valence-corrected chi connectivity index (χ2v) is 6.54. The number of hydrogen-bond acceptors (Lipinski definition) is 4. The lowest BCUT2D eigenvalue weighted by Gasteiger charge is -2.11. The molecule has 0 aliphatic carbocycles. The molecule has 28 heavy (non-hydrogen) atoms. The molecule has 0 saturated carbocycles. The Labute approximate surface area is 166 Å². The molecule has 0 heterocycles. The van der Waals surface area contributed by atoms with Gasteiger partial charge < -0.3 is 14.8 Å². The van der Waals surface area contributed by atoms with Gasteiger partial charge in [0, 0.05) is 5.69 Å². The number of methoxy groups -OCH3 is 1. The number of carbonyl (C=O) groups is 1. The molecule has 0 aromatic heterocycles. The summed E-state index contributed by atoms with van der Waals surface area (Å²) in [5, 5.41) is 12.2. The number of anilines is 1. The van der Waals surface area contributed by atoms with E-state index in [1.54, 1.807) is 25.3 Å². The number of benzene rings is 2. The molecule has 0 bridgehead atoms. The van der Waals surface area contributed by atoms with Gasteiger partial charge in [0.05, 0.1) is 13.7 Å². The van der Waals surface area contributed by atoms with Crippen molar-refractivity contribution in [1.29, 1.82) is 5.26 Å². The molecule has 2 aromatic rings. The molecule has 0 atom stereocenters. The van der Waals surface area contributed by atoms with E-state index in [2.05, 4.69) is 12.2 Å². The van der Waals surface area contributed by atoms with Crippen LogP contribution in [-0.2, 0) is 4.79 Å². The first kappa shape index (κ1) is 21.0. The fourth-order valence-corrected chi connectivity index (χ4v) is 2.55. The molecule has 0 fully saturated rings. The average molecular weight is 378 g/mol. The molecule has 5 heteroatoms. The van der Waals surface area contributed by atoms with Gasteiger partial charge in [0.2, 0.25) is 0 Å². The Morgan fingerprint density at radius 1 is 1.14 bits per heavy atom. The highest BCUT2D eigenvalue weighted by molar-refractivity contribution is 6.09. The molecule has 5 nitrogen and oxygen atoms in total. The number of amides is 1. The summed E-state index contributed by atoms with van der Waals surface area (Å²) in [5.74, 6) is 0.760. The SMILES string of the molecule is CCCCOc1ccc(/C=C(\C#N)C(=O)Nc2ccc(C)c(C)c2)cc1OC. The number of carbonyl (C=O) groups excluding carboxylic acids is 1. The van der Waals surface area contributed by atoms with Gasteiger partial charge >= 0.3 is 0 Å². The first-order valence-electron chi connectivity index (χ1n) is 9.29. The number of nitrogens with one attached hydrogen (secondary N) is 1. The molecule has 0 saturated heterocycles. The first-order chi connectivity index (χ1) is 13.5. The molecule has 1 amide bonds. The van der Waals surface area contributed by atoms with E-state index in [9.17, 15) is 10.1 Å². The summed E-state index contributed by atoms with van der Waals surface area (Å²) >= 11 is 0. The molecule has 2 rings (SSSR count). The van der Waals surface area contributed by atoms with Gasteiger partial charge in [-0.15, -0.1) is 0 Å². The minimum absolute atomic E-state index is 0.0138. The van der Waals surface area contributed by atoms with E-state index in [-0.39, 0.29) is 5.57 Å². The lowest BCUT2D eigenvalue weighted by atomic mass is 10.1. The molecule has 0 unspecified atom stereocenters. The smallest absolute Gasteiger partial charge is 0.266 e. The van der Waals surface area contributed by atoms with Crippen LogP contribution in [0.5, 0.6) is 11.5 Å². The molecule has 2 aromatic carbocycles. The van der Waals surface area contributed by atoms with Crippen molar-refractivity contribution in [3.05, 3.63) is 58.7 Å². The Morgan fingerprint density at radius 2 is 1.93 bits per heavy atom. The van der Waals surface area contributed by atoms with Crippen LogP contribution >= 0.6 is 0 Å². The maximum absolute atomic E-state index is 12.5. The Bertz CT molecular complexity index is 911. The van der Waals surface area contributed by atoms with Crippen molar-refractivity contribution in [3.8, 4) is 17.6 Å². The number of hydrogen-bond donors (Lipinski definition) is 1. The van der Waals surface area contributed by atoms with Crippen molar-refractivity contribution in [2.75, 3.05) is 19.0 Å². The fraction of sp³-hybridized carbons (Fsp3) is 0.304.